The molecule has 2 atom stereocenters. The second-order valence-corrected chi connectivity index (χ2v) is 6.66. The smallest absolute Gasteiger partial charge is 0.196 e. The molecule has 2 fully saturated rings. The van der Waals surface area contributed by atoms with Gasteiger partial charge < -0.3 is 9.47 Å². The van der Waals surface area contributed by atoms with Gasteiger partial charge in [0, 0.05) is 36.4 Å². The molecule has 2 saturated heterocycles. The zero-order valence-corrected chi connectivity index (χ0v) is 14.1. The lowest BCUT2D eigenvalue weighted by Gasteiger charge is -2.22. The van der Waals surface area contributed by atoms with E-state index in [9.17, 15) is 4.79 Å². The summed E-state index contributed by atoms with van der Waals surface area (Å²) in [5.74, 6) is -0.496. The van der Waals surface area contributed by atoms with E-state index in [0.29, 0.717) is 0 Å². The molecule has 2 aliphatic rings. The maximum absolute atomic E-state index is 15.2. The first-order valence-corrected chi connectivity index (χ1v) is 8.53. The van der Waals surface area contributed by atoms with Crippen molar-refractivity contribution in [1.82, 2.24) is 9.97 Å². The molecule has 26 heavy (non-hydrogen) atoms. The van der Waals surface area contributed by atoms with Crippen LogP contribution in [0.3, 0.4) is 0 Å². The maximum atomic E-state index is 15.2. The van der Waals surface area contributed by atoms with Crippen LogP contribution in [0, 0.1) is 0 Å². The molecule has 2 aromatic rings. The van der Waals surface area contributed by atoms with Gasteiger partial charge in [-0.25, -0.2) is 8.78 Å². The van der Waals surface area contributed by atoms with Gasteiger partial charge in [0.25, 0.3) is 0 Å². The van der Waals surface area contributed by atoms with Crippen LogP contribution in [-0.2, 0) is 20.8 Å². The lowest BCUT2D eigenvalue weighted by Crippen LogP contribution is -2.28. The monoisotopic (exact) mass is 360 g/mol. The molecule has 0 radical (unpaired) electrons. The first-order valence-electron chi connectivity index (χ1n) is 8.53. The number of ether oxygens (including phenoxy) is 2. The molecule has 0 saturated carbocycles. The molecule has 2 aromatic heterocycles. The molecule has 7 heteroatoms. The van der Waals surface area contributed by atoms with E-state index < -0.39 is 17.1 Å². The Balaban J connectivity index is 1.79. The van der Waals surface area contributed by atoms with Crippen LogP contribution in [0.1, 0.15) is 40.2 Å². The number of nitrogens with zero attached hydrogens (tertiary/aromatic N) is 2. The predicted octanol–water partition coefficient (Wildman–Crippen LogP) is 2.88. The molecule has 0 amide bonds. The average Bonchev–Trinajstić information content (AvgIpc) is 3.31. The lowest BCUT2D eigenvalue weighted by atomic mass is 9.88. The Morgan fingerprint density at radius 1 is 0.885 bits per heavy atom. The van der Waals surface area contributed by atoms with Crippen LogP contribution in [0.4, 0.5) is 8.78 Å². The topological polar surface area (TPSA) is 61.3 Å². The van der Waals surface area contributed by atoms with Crippen molar-refractivity contribution < 1.29 is 23.0 Å². The first kappa shape index (κ1) is 17.2. The highest BCUT2D eigenvalue weighted by molar-refractivity contribution is 6.10. The standard InChI is InChI=1S/C19H18F2N2O3/c20-18(5-9-25-11-18)16-13(3-1-7-22-16)15(24)14-4-2-8-23-17(14)19(21)6-10-26-12-19/h1-4,7-8H,5-6,9-12H2. The van der Waals surface area contributed by atoms with Gasteiger partial charge in [-0.3, -0.25) is 14.8 Å². The summed E-state index contributed by atoms with van der Waals surface area (Å²) in [5, 5.41) is 0. The van der Waals surface area contributed by atoms with Gasteiger partial charge in [-0.05, 0) is 24.3 Å². The van der Waals surface area contributed by atoms with Crippen LogP contribution in [0.15, 0.2) is 36.7 Å². The molecule has 0 bridgehead atoms. The Morgan fingerprint density at radius 3 is 1.73 bits per heavy atom. The molecule has 2 aliphatic heterocycles. The summed E-state index contributed by atoms with van der Waals surface area (Å²) in [4.78, 5) is 21.4. The Labute approximate surface area is 149 Å². The molecule has 4 heterocycles. The van der Waals surface area contributed by atoms with Gasteiger partial charge >= 0.3 is 0 Å². The normalized spacial score (nSPS) is 28.4. The van der Waals surface area contributed by atoms with Gasteiger partial charge in [0.05, 0.1) is 37.8 Å². The number of carbonyl (C=O) groups excluding carboxylic acids is 1. The van der Waals surface area contributed by atoms with E-state index in [2.05, 4.69) is 9.97 Å². The number of carbonyl (C=O) groups is 1. The minimum absolute atomic E-state index is 0.0351. The zero-order valence-electron chi connectivity index (χ0n) is 14.1. The van der Waals surface area contributed by atoms with Crippen LogP contribution >= 0.6 is 0 Å². The number of hydrogen-bond acceptors (Lipinski definition) is 5. The van der Waals surface area contributed by atoms with E-state index in [1.54, 1.807) is 12.1 Å². The SMILES string of the molecule is O=C(c1cccnc1C1(F)CCOC1)c1cccnc1C1(F)CCOC1. The highest BCUT2D eigenvalue weighted by Crippen LogP contribution is 2.38. The van der Waals surface area contributed by atoms with Crippen LogP contribution in [-0.4, -0.2) is 42.2 Å². The summed E-state index contributed by atoms with van der Waals surface area (Å²) < 4.78 is 40.7. The van der Waals surface area contributed by atoms with E-state index >= 15 is 8.78 Å². The van der Waals surface area contributed by atoms with E-state index in [-0.39, 0.29) is 61.8 Å². The molecule has 0 spiro atoms. The van der Waals surface area contributed by atoms with Crippen molar-refractivity contribution in [2.75, 3.05) is 26.4 Å². The van der Waals surface area contributed by atoms with Crippen molar-refractivity contribution in [2.45, 2.75) is 24.2 Å². The number of hydrogen-bond donors (Lipinski definition) is 0. The van der Waals surface area contributed by atoms with Crippen molar-refractivity contribution in [3.8, 4) is 0 Å². The molecule has 0 aromatic carbocycles. The Morgan fingerprint density at radius 2 is 1.35 bits per heavy atom. The minimum atomic E-state index is -1.82. The number of ketones is 1. The summed E-state index contributed by atoms with van der Waals surface area (Å²) >= 11 is 0. The van der Waals surface area contributed by atoms with Crippen molar-refractivity contribution in [1.29, 1.82) is 0 Å². The van der Waals surface area contributed by atoms with Gasteiger partial charge in [-0.2, -0.15) is 0 Å². The number of rotatable bonds is 4. The largest absolute Gasteiger partial charge is 0.378 e. The Hall–Kier alpha value is -2.25. The van der Waals surface area contributed by atoms with Crippen LogP contribution in [0.2, 0.25) is 0 Å². The van der Waals surface area contributed by atoms with Crippen LogP contribution < -0.4 is 0 Å². The number of alkyl halides is 2. The zero-order chi connectivity index (χ0) is 18.2. The molecule has 0 N–H and O–H groups in total. The van der Waals surface area contributed by atoms with Crippen molar-refractivity contribution in [2.24, 2.45) is 0 Å². The maximum Gasteiger partial charge on any atom is 0.196 e. The highest BCUT2D eigenvalue weighted by atomic mass is 19.1. The van der Waals surface area contributed by atoms with Crippen LogP contribution in [0.25, 0.3) is 0 Å². The van der Waals surface area contributed by atoms with Crippen LogP contribution in [0.5, 0.6) is 0 Å². The third kappa shape index (κ3) is 2.81. The molecule has 4 rings (SSSR count). The van der Waals surface area contributed by atoms with Gasteiger partial charge in [-0.1, -0.05) is 0 Å². The van der Waals surface area contributed by atoms with E-state index in [4.69, 9.17) is 9.47 Å². The quantitative estimate of drug-likeness (QED) is 0.785. The summed E-state index contributed by atoms with van der Waals surface area (Å²) in [6, 6.07) is 6.15. The molecular weight excluding hydrogens is 342 g/mol. The summed E-state index contributed by atoms with van der Waals surface area (Å²) in [5.41, 5.74) is -3.35. The van der Waals surface area contributed by atoms with Crippen molar-refractivity contribution in [3.05, 3.63) is 59.2 Å². The van der Waals surface area contributed by atoms with Gasteiger partial charge in [-0.15, -0.1) is 0 Å². The average molecular weight is 360 g/mol. The van der Waals surface area contributed by atoms with Gasteiger partial charge in [0.1, 0.15) is 0 Å². The number of halogens is 2. The fourth-order valence-corrected chi connectivity index (χ4v) is 3.49. The highest BCUT2D eigenvalue weighted by Gasteiger charge is 2.44. The fraction of sp³-hybridized carbons (Fsp3) is 0.421. The van der Waals surface area contributed by atoms with E-state index in [1.807, 2.05) is 0 Å². The third-order valence-electron chi connectivity index (χ3n) is 4.90. The minimum Gasteiger partial charge on any atom is -0.378 e. The number of aromatic nitrogens is 2. The summed E-state index contributed by atoms with van der Waals surface area (Å²) in [7, 11) is 0. The predicted molar refractivity (Wildman–Crippen MR) is 88.4 cm³/mol. The fourth-order valence-electron chi connectivity index (χ4n) is 3.49. The number of pyridine rings is 2. The summed E-state index contributed by atoms with van der Waals surface area (Å²) in [6.45, 7) is 0.240. The molecule has 2 unspecified atom stereocenters. The summed E-state index contributed by atoms with van der Waals surface area (Å²) in [6.07, 6.45) is 3.14. The Kier molecular flexibility index (Phi) is 4.28. The van der Waals surface area contributed by atoms with E-state index in [1.165, 1.54) is 24.5 Å². The third-order valence-corrected chi connectivity index (χ3v) is 4.90. The molecule has 5 nitrogen and oxygen atoms in total. The molecule has 0 aliphatic carbocycles. The second-order valence-electron chi connectivity index (χ2n) is 6.66. The van der Waals surface area contributed by atoms with Crippen molar-refractivity contribution in [3.63, 3.8) is 0 Å². The first-order chi connectivity index (χ1) is 12.5. The van der Waals surface area contributed by atoms with E-state index in [0.717, 1.165) is 0 Å². The van der Waals surface area contributed by atoms with Gasteiger partial charge in [0.15, 0.2) is 17.1 Å². The lowest BCUT2D eigenvalue weighted by molar-refractivity contribution is 0.0952. The van der Waals surface area contributed by atoms with Gasteiger partial charge in [0.2, 0.25) is 0 Å². The molecule has 136 valence electrons. The Bertz CT molecular complexity index is 764. The molecular formula is C19H18F2N2O3. The second kappa shape index (κ2) is 6.48. The van der Waals surface area contributed by atoms with Crippen molar-refractivity contribution >= 4 is 5.78 Å².